The van der Waals surface area contributed by atoms with Gasteiger partial charge >= 0.3 is 18.3 Å². The molecule has 14 rings (SSSR count). The van der Waals surface area contributed by atoms with E-state index >= 15 is 0 Å². The van der Waals surface area contributed by atoms with E-state index in [4.69, 9.17) is 29.2 Å². The number of aromatic nitrogens is 8. The standard InChI is InChI=1S/C29H38N4O3.C28H35N3O2.C24H32N6O3/c1-18-7-12-24-25(32(18)29(35)36-3)13-14-26-28(24)31-27(15-20-8-10-21(17-30)11-9-20)33(26)23-6-4-5-22(16-23)19(2)34;1-19-14-15-23-24(30(19)28(32)33-3)16-17-25-27(23)29-26(18-21-10-6-4-7-11-21)31(25)20(2)22-12-8-5-9-13-22;1-5-16(2)26-22(31)15-29-20-10-9-19-18(8-7-17(3)30(19)24(32)33-4)23(20)27-21(29)11-14-28-13-6-12-25-28/h13-14,18,20-23H,4-12,15-16H2,1-3H3;4,6-7,10-11,16-17,19-20,22H,5,8-9,12-15,18H2,1-3H3;6,9-10,12-13,16-17H,5,7-8,11,14-15H2,1-4H3,(H,26,31)/t18-,20?,21?,22+,23+;19-,20+;16-,17+/m001/s1. The minimum Gasteiger partial charge on any atom is -0.452 e. The number of ether oxygens (including phenoxy) is 3. The minimum atomic E-state index is -0.367. The Balaban J connectivity index is 0.000000145. The lowest BCUT2D eigenvalue weighted by atomic mass is 9.80. The van der Waals surface area contributed by atoms with Gasteiger partial charge in [0.15, 0.2) is 0 Å². The number of amides is 4. The van der Waals surface area contributed by atoms with Crippen LogP contribution in [0.1, 0.15) is 209 Å². The predicted molar refractivity (Wildman–Crippen MR) is 398 cm³/mol. The number of Topliss-reactive ketones (excluding diaryl/α,β-unsaturated/α-hetero) is 1. The number of hydrogen-bond donors (Lipinski definition) is 1. The fourth-order valence-corrected chi connectivity index (χ4v) is 17.3. The van der Waals surface area contributed by atoms with Gasteiger partial charge in [-0.05, 0) is 204 Å². The lowest BCUT2D eigenvalue weighted by Crippen LogP contribution is -2.42. The number of methoxy groups -OCH3 is 3. The molecule has 102 heavy (non-hydrogen) atoms. The van der Waals surface area contributed by atoms with Gasteiger partial charge in [-0.15, -0.1) is 0 Å². The van der Waals surface area contributed by atoms with Crippen molar-refractivity contribution in [2.75, 3.05) is 36.0 Å². The largest absolute Gasteiger partial charge is 0.452 e. The molecule has 0 bridgehead atoms. The third-order valence-corrected chi connectivity index (χ3v) is 23.2. The van der Waals surface area contributed by atoms with E-state index in [9.17, 15) is 29.2 Å². The van der Waals surface area contributed by atoms with E-state index in [-0.39, 0.29) is 72.8 Å². The quantitative estimate of drug-likeness (QED) is 0.0943. The van der Waals surface area contributed by atoms with Gasteiger partial charge in [-0.2, -0.15) is 10.4 Å². The van der Waals surface area contributed by atoms with Gasteiger partial charge in [-0.3, -0.25) is 29.0 Å². The highest BCUT2D eigenvalue weighted by atomic mass is 16.6. The summed E-state index contributed by atoms with van der Waals surface area (Å²) in [6.07, 6.45) is 25.8. The Labute approximate surface area is 600 Å². The van der Waals surface area contributed by atoms with Gasteiger partial charge in [-0.1, -0.05) is 62.9 Å². The molecule has 0 radical (unpaired) electrons. The van der Waals surface area contributed by atoms with Crippen molar-refractivity contribution in [3.63, 3.8) is 0 Å². The number of hydrogen-bond acceptors (Lipinski definition) is 13. The summed E-state index contributed by atoms with van der Waals surface area (Å²) < 4.78 is 24.1. The number of fused-ring (bicyclic) bond motifs is 9. The highest BCUT2D eigenvalue weighted by Gasteiger charge is 2.38. The maximum absolute atomic E-state index is 12.8. The smallest absolute Gasteiger partial charge is 0.414 e. The molecule has 21 nitrogen and oxygen atoms in total. The van der Waals surface area contributed by atoms with Gasteiger partial charge < -0.3 is 33.2 Å². The van der Waals surface area contributed by atoms with Crippen molar-refractivity contribution < 1.29 is 38.2 Å². The number of nitriles is 1. The van der Waals surface area contributed by atoms with E-state index in [1.165, 1.54) is 70.1 Å². The molecule has 21 heteroatoms. The van der Waals surface area contributed by atoms with Crippen LogP contribution >= 0.6 is 0 Å². The Morgan fingerprint density at radius 3 is 1.72 bits per heavy atom. The lowest BCUT2D eigenvalue weighted by Gasteiger charge is -2.34. The normalized spacial score (nSPS) is 21.8. The van der Waals surface area contributed by atoms with Crippen molar-refractivity contribution in [3.05, 3.63) is 125 Å². The maximum Gasteiger partial charge on any atom is 0.414 e. The van der Waals surface area contributed by atoms with Crippen molar-refractivity contribution in [2.24, 2.45) is 23.7 Å². The molecule has 3 aliphatic heterocycles. The molecule has 0 spiro atoms. The summed E-state index contributed by atoms with van der Waals surface area (Å²) >= 11 is 0. The molecule has 8 aromatic rings. The van der Waals surface area contributed by atoms with Crippen LogP contribution in [-0.2, 0) is 75.4 Å². The van der Waals surface area contributed by atoms with Crippen LogP contribution in [0.2, 0.25) is 0 Å². The first-order valence-electron chi connectivity index (χ1n) is 37.8. The summed E-state index contributed by atoms with van der Waals surface area (Å²) in [5.41, 5.74) is 13.5. The molecule has 7 heterocycles. The van der Waals surface area contributed by atoms with Gasteiger partial charge in [0.2, 0.25) is 5.91 Å². The molecule has 0 saturated heterocycles. The molecular weight excluding hydrogens is 1280 g/mol. The fourth-order valence-electron chi connectivity index (χ4n) is 17.3. The first-order chi connectivity index (χ1) is 49.4. The third kappa shape index (κ3) is 15.3. The summed E-state index contributed by atoms with van der Waals surface area (Å²) in [5, 5.41) is 16.7. The molecule has 4 aromatic carbocycles. The van der Waals surface area contributed by atoms with Gasteiger partial charge in [0.05, 0.1) is 77.6 Å². The Kier molecular flexibility index (Phi) is 23.2. The molecule has 3 fully saturated rings. The van der Waals surface area contributed by atoms with E-state index in [0.717, 1.165) is 182 Å². The van der Waals surface area contributed by atoms with Gasteiger partial charge in [-0.25, -0.2) is 29.3 Å². The van der Waals surface area contributed by atoms with Crippen LogP contribution in [0.4, 0.5) is 31.4 Å². The number of imidazole rings is 3. The molecular formula is C81H105N13O8. The highest BCUT2D eigenvalue weighted by Crippen LogP contribution is 2.45. The summed E-state index contributed by atoms with van der Waals surface area (Å²) in [5.74, 6) is 4.85. The van der Waals surface area contributed by atoms with Crippen LogP contribution in [-0.4, -0.2) is 114 Å². The van der Waals surface area contributed by atoms with E-state index in [1.807, 2.05) is 54.4 Å². The van der Waals surface area contributed by atoms with Crippen LogP contribution in [0.5, 0.6) is 0 Å². The van der Waals surface area contributed by atoms with E-state index in [2.05, 4.69) is 101 Å². The Bertz CT molecular complexity index is 4320. The van der Waals surface area contributed by atoms with Crippen LogP contribution in [0, 0.1) is 35.0 Å². The molecule has 4 amide bonds. The first kappa shape index (κ1) is 72.7. The molecule has 6 aliphatic rings. The summed E-state index contributed by atoms with van der Waals surface area (Å²) in [6.45, 7) is 15.2. The zero-order chi connectivity index (χ0) is 71.9. The van der Waals surface area contributed by atoms with E-state index in [0.29, 0.717) is 36.6 Å². The third-order valence-electron chi connectivity index (χ3n) is 23.2. The first-order valence-corrected chi connectivity index (χ1v) is 37.8. The number of nitrogens with one attached hydrogen (secondary N) is 1. The van der Waals surface area contributed by atoms with Crippen molar-refractivity contribution in [1.29, 1.82) is 5.26 Å². The average molecular weight is 1390 g/mol. The molecule has 0 unspecified atom stereocenters. The lowest BCUT2D eigenvalue weighted by molar-refractivity contribution is -0.123. The summed E-state index contributed by atoms with van der Waals surface area (Å²) in [6, 6.07) is 28.4. The van der Waals surface area contributed by atoms with Crippen molar-refractivity contribution in [3.8, 4) is 6.07 Å². The number of carbonyl (C=O) groups excluding carboxylic acids is 5. The number of ketones is 1. The van der Waals surface area contributed by atoms with Crippen LogP contribution in [0.3, 0.4) is 0 Å². The Morgan fingerprint density at radius 1 is 0.618 bits per heavy atom. The Hall–Kier alpha value is -9.06. The molecule has 7 atom stereocenters. The molecule has 542 valence electrons. The summed E-state index contributed by atoms with van der Waals surface area (Å²) in [4.78, 5) is 83.6. The minimum absolute atomic E-state index is 0.0356. The number of benzene rings is 4. The zero-order valence-electron chi connectivity index (χ0n) is 61.7. The molecule has 3 aliphatic carbocycles. The number of anilines is 3. The van der Waals surface area contributed by atoms with Crippen molar-refractivity contribution in [2.45, 2.75) is 245 Å². The second kappa shape index (κ2) is 32.5. The molecule has 3 saturated carbocycles. The second-order valence-corrected chi connectivity index (χ2v) is 29.8. The number of nitrogens with zero attached hydrogens (tertiary/aromatic N) is 12. The van der Waals surface area contributed by atoms with Gasteiger partial charge in [0.1, 0.15) is 29.8 Å². The van der Waals surface area contributed by atoms with Gasteiger partial charge in [0, 0.05) is 103 Å². The topological polar surface area (TPSA) is 230 Å². The van der Waals surface area contributed by atoms with Crippen LogP contribution in [0.25, 0.3) is 33.1 Å². The Morgan fingerprint density at radius 2 is 1.17 bits per heavy atom. The van der Waals surface area contributed by atoms with E-state index in [1.54, 1.807) is 27.8 Å². The van der Waals surface area contributed by atoms with E-state index < -0.39 is 0 Å². The zero-order valence-corrected chi connectivity index (χ0v) is 61.7. The predicted octanol–water partition coefficient (Wildman–Crippen LogP) is 16.1. The summed E-state index contributed by atoms with van der Waals surface area (Å²) in [7, 11) is 4.30. The fraction of sp³-hybridized carbons (Fsp3) is 0.556. The number of aryl methyl sites for hydroxylation is 5. The number of rotatable bonds is 15. The SMILES string of the molecule is CC[C@@H](C)NC(=O)Cn1c(CCn2cccn2)nc2c3c(ccc21)N(C(=O)OC)[C@@H](C)CC3.COC(=O)N1c2ccc3c(nc(CC4CCC(C#N)CC4)n3[C@@H]3CCC[C@@H](C(C)=O)C3)c2CC[C@@H]1C.COC(=O)N1c2ccc3c(nc(Cc4ccccc4)n3[C@H](C)C3CCCCC3)c2CC[C@@H]1C. The van der Waals surface area contributed by atoms with Gasteiger partial charge in [0.25, 0.3) is 0 Å². The molecule has 4 aromatic heterocycles. The monoisotopic (exact) mass is 1390 g/mol. The van der Waals surface area contributed by atoms with Crippen molar-refractivity contribution >= 4 is 80.1 Å². The number of carbonyl (C=O) groups is 5. The highest BCUT2D eigenvalue weighted by molar-refractivity contribution is 5.98. The maximum atomic E-state index is 12.8. The van der Waals surface area contributed by atoms with Crippen LogP contribution in [0.15, 0.2) is 85.2 Å². The second-order valence-electron chi connectivity index (χ2n) is 29.8. The van der Waals surface area contributed by atoms with Crippen LogP contribution < -0.4 is 20.0 Å². The van der Waals surface area contributed by atoms with Crippen molar-refractivity contribution in [1.82, 2.24) is 43.8 Å². The molecule has 1 N–H and O–H groups in total. The average Bonchev–Trinajstić information content (AvgIpc) is 1.59.